The first-order valence-electron chi connectivity index (χ1n) is 9.68. The fourth-order valence-corrected chi connectivity index (χ4v) is 4.95. The molecule has 1 atom stereocenters. The van der Waals surface area contributed by atoms with Gasteiger partial charge in [-0.3, -0.25) is 14.9 Å². The van der Waals surface area contributed by atoms with Crippen molar-refractivity contribution in [3.05, 3.63) is 93.5 Å². The highest BCUT2D eigenvalue weighted by Crippen LogP contribution is 2.36. The van der Waals surface area contributed by atoms with Gasteiger partial charge in [0.15, 0.2) is 4.34 Å². The topological polar surface area (TPSA) is 103 Å². The second-order valence-electron chi connectivity index (χ2n) is 7.05. The van der Waals surface area contributed by atoms with E-state index < -0.39 is 4.92 Å². The van der Waals surface area contributed by atoms with Crippen LogP contribution in [0.25, 0.3) is 5.69 Å². The highest BCUT2D eigenvalue weighted by Gasteiger charge is 2.20. The van der Waals surface area contributed by atoms with E-state index in [0.29, 0.717) is 4.90 Å². The van der Waals surface area contributed by atoms with Crippen LogP contribution in [-0.2, 0) is 0 Å². The molecule has 2 aromatic heterocycles. The Balaban J connectivity index is 1.48. The molecule has 0 spiro atoms. The summed E-state index contributed by atoms with van der Waals surface area (Å²) >= 11 is 2.65. The molecule has 0 saturated carbocycles. The summed E-state index contributed by atoms with van der Waals surface area (Å²) in [4.78, 5) is 32.7. The van der Waals surface area contributed by atoms with Crippen molar-refractivity contribution in [2.24, 2.45) is 0 Å². The van der Waals surface area contributed by atoms with E-state index in [9.17, 15) is 14.9 Å². The maximum Gasteiger partial charge on any atom is 0.284 e. The lowest BCUT2D eigenvalue weighted by Gasteiger charge is -2.15. The molecular weight excluding hydrogens is 446 g/mol. The van der Waals surface area contributed by atoms with Gasteiger partial charge in [-0.2, -0.15) is 0 Å². The zero-order valence-corrected chi connectivity index (χ0v) is 18.9. The zero-order valence-electron chi connectivity index (χ0n) is 17.3. The Labute approximate surface area is 192 Å². The first-order chi connectivity index (χ1) is 15.4. The van der Waals surface area contributed by atoms with E-state index in [1.807, 2.05) is 54.3 Å². The molecule has 1 amide bonds. The number of carbonyl (C=O) groups is 1. The van der Waals surface area contributed by atoms with Crippen LogP contribution in [0.4, 0.5) is 5.69 Å². The monoisotopic (exact) mass is 465 g/mol. The van der Waals surface area contributed by atoms with Gasteiger partial charge in [-0.1, -0.05) is 23.9 Å². The van der Waals surface area contributed by atoms with E-state index >= 15 is 0 Å². The molecule has 2 aromatic carbocycles. The number of rotatable bonds is 7. The van der Waals surface area contributed by atoms with Crippen LogP contribution in [0.5, 0.6) is 0 Å². The van der Waals surface area contributed by atoms with Crippen molar-refractivity contribution in [2.45, 2.75) is 29.1 Å². The fourth-order valence-electron chi connectivity index (χ4n) is 3.07. The van der Waals surface area contributed by atoms with Crippen LogP contribution in [0.3, 0.4) is 0 Å². The number of hydrogen-bond acceptors (Lipinski definition) is 7. The lowest BCUT2D eigenvalue weighted by Crippen LogP contribution is -2.26. The van der Waals surface area contributed by atoms with Crippen molar-refractivity contribution in [2.75, 3.05) is 0 Å². The molecule has 0 aliphatic rings. The van der Waals surface area contributed by atoms with Crippen LogP contribution < -0.4 is 5.32 Å². The Morgan fingerprint density at radius 2 is 2.03 bits per heavy atom. The molecule has 0 aliphatic heterocycles. The molecule has 0 fully saturated rings. The first-order valence-corrected chi connectivity index (χ1v) is 11.4. The van der Waals surface area contributed by atoms with Crippen LogP contribution >= 0.6 is 23.1 Å². The van der Waals surface area contributed by atoms with E-state index in [0.717, 1.165) is 21.3 Å². The summed E-state index contributed by atoms with van der Waals surface area (Å²) < 4.78 is 2.61. The summed E-state index contributed by atoms with van der Waals surface area (Å²) in [5.41, 5.74) is 2.86. The minimum Gasteiger partial charge on any atom is -0.346 e. The van der Waals surface area contributed by atoms with Gasteiger partial charge in [-0.15, -0.1) is 11.3 Å². The molecule has 32 heavy (non-hydrogen) atoms. The normalized spacial score (nSPS) is 11.8. The third kappa shape index (κ3) is 4.87. The molecule has 2 heterocycles. The second-order valence-corrected chi connectivity index (χ2v) is 9.20. The van der Waals surface area contributed by atoms with Crippen molar-refractivity contribution >= 4 is 34.7 Å². The average Bonchev–Trinajstić information content (AvgIpc) is 3.46. The molecule has 162 valence electrons. The molecule has 0 saturated heterocycles. The molecule has 10 heteroatoms. The van der Waals surface area contributed by atoms with Crippen LogP contribution in [0, 0.1) is 17.0 Å². The maximum absolute atomic E-state index is 12.8. The fraction of sp³-hybridized carbons (Fsp3) is 0.136. The van der Waals surface area contributed by atoms with Gasteiger partial charge in [0.1, 0.15) is 0 Å². The number of benzene rings is 2. The van der Waals surface area contributed by atoms with Crippen LogP contribution in [0.2, 0.25) is 0 Å². The van der Waals surface area contributed by atoms with Gasteiger partial charge in [-0.25, -0.2) is 9.97 Å². The van der Waals surface area contributed by atoms with E-state index in [1.54, 1.807) is 24.7 Å². The number of thiazole rings is 1. The number of nitro benzene ring substituents is 1. The number of nitrogens with one attached hydrogen (secondary N) is 1. The van der Waals surface area contributed by atoms with Gasteiger partial charge >= 0.3 is 0 Å². The summed E-state index contributed by atoms with van der Waals surface area (Å²) in [7, 11) is 0. The number of imidazole rings is 1. The molecular formula is C22H19N5O3S2. The number of hydrogen-bond donors (Lipinski definition) is 1. The molecule has 4 aromatic rings. The predicted octanol–water partition coefficient (Wildman–Crippen LogP) is 5.19. The van der Waals surface area contributed by atoms with Crippen molar-refractivity contribution in [1.29, 1.82) is 0 Å². The number of carbonyl (C=O) groups excluding carboxylic acids is 1. The van der Waals surface area contributed by atoms with Gasteiger partial charge in [-0.05, 0) is 43.7 Å². The van der Waals surface area contributed by atoms with Crippen LogP contribution in [0.15, 0.2) is 75.8 Å². The van der Waals surface area contributed by atoms with Crippen molar-refractivity contribution in [3.8, 4) is 5.69 Å². The van der Waals surface area contributed by atoms with E-state index in [2.05, 4.69) is 15.3 Å². The molecule has 1 N–H and O–H groups in total. The maximum atomic E-state index is 12.8. The van der Waals surface area contributed by atoms with E-state index in [-0.39, 0.29) is 23.2 Å². The minimum atomic E-state index is -0.474. The number of nitro groups is 1. The second kappa shape index (κ2) is 9.33. The third-order valence-corrected chi connectivity index (χ3v) is 6.88. The Morgan fingerprint density at radius 3 is 2.66 bits per heavy atom. The highest BCUT2D eigenvalue weighted by atomic mass is 32.2. The Kier molecular flexibility index (Phi) is 6.33. The van der Waals surface area contributed by atoms with E-state index in [4.69, 9.17) is 0 Å². The molecule has 8 nitrogen and oxygen atoms in total. The number of aromatic nitrogens is 3. The van der Waals surface area contributed by atoms with Gasteiger partial charge in [0.2, 0.25) is 0 Å². The number of nitrogens with zero attached hydrogens (tertiary/aromatic N) is 4. The summed E-state index contributed by atoms with van der Waals surface area (Å²) in [6.07, 6.45) is 5.27. The summed E-state index contributed by atoms with van der Waals surface area (Å²) in [6.45, 7) is 3.74. The van der Waals surface area contributed by atoms with Gasteiger partial charge in [0.05, 0.1) is 22.2 Å². The van der Waals surface area contributed by atoms with Crippen molar-refractivity contribution in [3.63, 3.8) is 0 Å². The quantitative estimate of drug-likeness (QED) is 0.298. The number of aryl methyl sites for hydroxylation is 1. The Morgan fingerprint density at radius 1 is 1.25 bits per heavy atom. The lowest BCUT2D eigenvalue weighted by molar-refractivity contribution is -0.387. The highest BCUT2D eigenvalue weighted by molar-refractivity contribution is 8.01. The third-order valence-electron chi connectivity index (χ3n) is 4.76. The van der Waals surface area contributed by atoms with Gasteiger partial charge < -0.3 is 9.88 Å². The molecule has 4 rings (SSSR count). The lowest BCUT2D eigenvalue weighted by atomic mass is 10.1. The standard InChI is InChI=1S/C22H19N5O3S2/c1-14-12-31-22(24-14)32-20-8-5-17(11-19(20)27(29)30)21(28)25-15(2)16-3-6-18(7-4-16)26-10-9-23-13-26/h3-13,15H,1-2H3,(H,25,28). The molecule has 0 bridgehead atoms. The first kappa shape index (κ1) is 21.7. The van der Waals surface area contributed by atoms with Gasteiger partial charge in [0, 0.05) is 40.8 Å². The largest absolute Gasteiger partial charge is 0.346 e. The zero-order chi connectivity index (χ0) is 22.7. The minimum absolute atomic E-state index is 0.118. The van der Waals surface area contributed by atoms with Crippen molar-refractivity contribution in [1.82, 2.24) is 19.9 Å². The van der Waals surface area contributed by atoms with Crippen LogP contribution in [0.1, 0.15) is 34.6 Å². The summed E-state index contributed by atoms with van der Waals surface area (Å²) in [6, 6.07) is 12.0. The van der Waals surface area contributed by atoms with E-state index in [1.165, 1.54) is 29.2 Å². The van der Waals surface area contributed by atoms with Gasteiger partial charge in [0.25, 0.3) is 11.6 Å². The molecule has 0 radical (unpaired) electrons. The van der Waals surface area contributed by atoms with Crippen LogP contribution in [-0.4, -0.2) is 25.4 Å². The molecule has 0 aliphatic carbocycles. The smallest absolute Gasteiger partial charge is 0.284 e. The summed E-state index contributed by atoms with van der Waals surface area (Å²) in [5.74, 6) is -0.374. The average molecular weight is 466 g/mol. The summed E-state index contributed by atoms with van der Waals surface area (Å²) in [5, 5.41) is 16.4. The predicted molar refractivity (Wildman–Crippen MR) is 124 cm³/mol. The number of amides is 1. The Hall–Kier alpha value is -3.50. The SMILES string of the molecule is Cc1csc(Sc2ccc(C(=O)NC(C)c3ccc(-n4ccnc4)cc3)cc2[N+](=O)[O-])n1. The Bertz CT molecular complexity index is 1250. The van der Waals surface area contributed by atoms with Crippen molar-refractivity contribution < 1.29 is 9.72 Å². The molecule has 1 unspecified atom stereocenters.